The van der Waals surface area contributed by atoms with Crippen LogP contribution < -0.4 is 5.32 Å². The van der Waals surface area contributed by atoms with E-state index in [0.29, 0.717) is 18.4 Å². The number of aryl methyl sites for hydroxylation is 1. The fourth-order valence-electron chi connectivity index (χ4n) is 5.98. The van der Waals surface area contributed by atoms with Gasteiger partial charge in [0.05, 0.1) is 11.7 Å². The molecular weight excluding hydrogens is 438 g/mol. The minimum absolute atomic E-state index is 0.104. The summed E-state index contributed by atoms with van der Waals surface area (Å²) in [6, 6.07) is 15.0. The number of rotatable bonds is 5. The van der Waals surface area contributed by atoms with E-state index in [9.17, 15) is 9.59 Å². The number of hydrogen-bond acceptors (Lipinski definition) is 4. The molecule has 7 heteroatoms. The highest BCUT2D eigenvalue weighted by atomic mass is 16.2. The third kappa shape index (κ3) is 3.56. The maximum atomic E-state index is 13.4. The predicted octanol–water partition coefficient (Wildman–Crippen LogP) is 3.46. The van der Waals surface area contributed by atoms with Gasteiger partial charge in [0.2, 0.25) is 11.8 Å². The van der Waals surface area contributed by atoms with E-state index < -0.39 is 0 Å². The van der Waals surface area contributed by atoms with E-state index >= 15 is 0 Å². The summed E-state index contributed by atoms with van der Waals surface area (Å²) in [5.41, 5.74) is 4.19. The van der Waals surface area contributed by atoms with Gasteiger partial charge in [0.25, 0.3) is 0 Å². The average molecular weight is 470 g/mol. The lowest BCUT2D eigenvalue weighted by Gasteiger charge is -2.27. The fourth-order valence-corrected chi connectivity index (χ4v) is 5.98. The quantitative estimate of drug-likeness (QED) is 0.621. The molecule has 0 bridgehead atoms. The van der Waals surface area contributed by atoms with Crippen LogP contribution in [-0.4, -0.2) is 56.6 Å². The van der Waals surface area contributed by atoms with E-state index in [1.807, 2.05) is 22.8 Å². The first-order chi connectivity index (χ1) is 17.0. The van der Waals surface area contributed by atoms with Gasteiger partial charge in [0, 0.05) is 38.0 Å². The molecule has 2 saturated carbocycles. The minimum Gasteiger partial charge on any atom is -0.342 e. The van der Waals surface area contributed by atoms with Crippen molar-refractivity contribution in [2.24, 2.45) is 18.9 Å². The molecule has 1 N–H and O–H groups in total. The third-order valence-corrected chi connectivity index (χ3v) is 8.43. The molecule has 0 radical (unpaired) electrons. The molecule has 4 aliphatic rings. The Kier molecular flexibility index (Phi) is 4.62. The number of likely N-dealkylation sites (tertiary alicyclic amines) is 1. The van der Waals surface area contributed by atoms with E-state index in [-0.39, 0.29) is 23.5 Å². The van der Waals surface area contributed by atoms with E-state index in [1.54, 1.807) is 0 Å². The molecule has 1 spiro atoms. The van der Waals surface area contributed by atoms with Crippen molar-refractivity contribution in [1.29, 1.82) is 0 Å². The Labute approximate surface area is 205 Å². The molecule has 2 aliphatic carbocycles. The molecule has 2 aliphatic heterocycles. The topological polar surface area (TPSA) is 70.5 Å². The summed E-state index contributed by atoms with van der Waals surface area (Å²) < 4.78 is 1.89. The van der Waals surface area contributed by atoms with Gasteiger partial charge in [-0.1, -0.05) is 30.3 Å². The molecule has 3 heterocycles. The number of aromatic nitrogens is 2. The predicted molar refractivity (Wildman–Crippen MR) is 133 cm³/mol. The van der Waals surface area contributed by atoms with Gasteiger partial charge in [0.15, 0.2) is 0 Å². The summed E-state index contributed by atoms with van der Waals surface area (Å²) in [6.45, 7) is 2.34. The highest BCUT2D eigenvalue weighted by Gasteiger charge is 2.59. The van der Waals surface area contributed by atoms with Crippen molar-refractivity contribution < 1.29 is 9.59 Å². The van der Waals surface area contributed by atoms with Crippen molar-refractivity contribution in [3.05, 3.63) is 54.2 Å². The highest BCUT2D eigenvalue weighted by molar-refractivity contribution is 5.92. The molecule has 1 aromatic heterocycles. The molecule has 2 aromatic carbocycles. The molecule has 35 heavy (non-hydrogen) atoms. The molecule has 2 amide bonds. The second kappa shape index (κ2) is 7.65. The first kappa shape index (κ1) is 21.1. The molecule has 180 valence electrons. The summed E-state index contributed by atoms with van der Waals surface area (Å²) >= 11 is 0. The van der Waals surface area contributed by atoms with Crippen molar-refractivity contribution in [2.45, 2.75) is 43.8 Å². The SMILES string of the molecule is Cn1ncc2cc(-c3ccc(C4NC5(CC5)C(=O)N4C[C@@H]4CCN(C(=O)C5CC5)C4)cc3)ccc21. The molecule has 1 unspecified atom stereocenters. The maximum Gasteiger partial charge on any atom is 0.244 e. The number of nitrogens with one attached hydrogen (secondary N) is 1. The second-order valence-corrected chi connectivity index (χ2v) is 11.0. The smallest absolute Gasteiger partial charge is 0.244 e. The van der Waals surface area contributed by atoms with Crippen LogP contribution in [0.2, 0.25) is 0 Å². The first-order valence-corrected chi connectivity index (χ1v) is 12.9. The lowest BCUT2D eigenvalue weighted by molar-refractivity contribution is -0.131. The molecule has 2 saturated heterocycles. The number of hydrogen-bond donors (Lipinski definition) is 1. The van der Waals surface area contributed by atoms with Gasteiger partial charge in [-0.05, 0) is 66.8 Å². The van der Waals surface area contributed by atoms with Gasteiger partial charge in [-0.3, -0.25) is 19.6 Å². The zero-order valence-electron chi connectivity index (χ0n) is 20.1. The van der Waals surface area contributed by atoms with Gasteiger partial charge in [-0.15, -0.1) is 0 Å². The van der Waals surface area contributed by atoms with Gasteiger partial charge in [0.1, 0.15) is 11.7 Å². The van der Waals surface area contributed by atoms with Crippen LogP contribution >= 0.6 is 0 Å². The summed E-state index contributed by atoms with van der Waals surface area (Å²) in [5.74, 6) is 1.18. The summed E-state index contributed by atoms with van der Waals surface area (Å²) in [4.78, 5) is 30.0. The first-order valence-electron chi connectivity index (χ1n) is 12.9. The van der Waals surface area contributed by atoms with Crippen LogP contribution in [0.4, 0.5) is 0 Å². The lowest BCUT2D eigenvalue weighted by Crippen LogP contribution is -2.37. The van der Waals surface area contributed by atoms with Gasteiger partial charge in [-0.25, -0.2) is 0 Å². The zero-order valence-corrected chi connectivity index (χ0v) is 20.1. The van der Waals surface area contributed by atoms with E-state index in [2.05, 4.69) is 57.8 Å². The Bertz CT molecular complexity index is 1320. The van der Waals surface area contributed by atoms with Crippen LogP contribution in [0.5, 0.6) is 0 Å². The zero-order chi connectivity index (χ0) is 23.7. The summed E-state index contributed by atoms with van der Waals surface area (Å²) in [6.07, 6.45) is 6.70. The molecular formula is C28H31N5O2. The Morgan fingerprint density at radius 2 is 1.86 bits per heavy atom. The van der Waals surface area contributed by atoms with Crippen molar-refractivity contribution in [3.8, 4) is 11.1 Å². The van der Waals surface area contributed by atoms with Crippen LogP contribution in [0.25, 0.3) is 22.0 Å². The summed E-state index contributed by atoms with van der Waals surface area (Å²) in [7, 11) is 1.96. The minimum atomic E-state index is -0.364. The number of carbonyl (C=O) groups is 2. The maximum absolute atomic E-state index is 13.4. The van der Waals surface area contributed by atoms with Crippen LogP contribution in [0, 0.1) is 11.8 Å². The molecule has 7 rings (SSSR count). The van der Waals surface area contributed by atoms with Crippen molar-refractivity contribution in [2.75, 3.05) is 19.6 Å². The van der Waals surface area contributed by atoms with Crippen molar-refractivity contribution >= 4 is 22.7 Å². The molecule has 2 atom stereocenters. The van der Waals surface area contributed by atoms with Crippen LogP contribution in [-0.2, 0) is 16.6 Å². The van der Waals surface area contributed by atoms with Crippen LogP contribution in [0.1, 0.15) is 43.8 Å². The monoisotopic (exact) mass is 469 g/mol. The van der Waals surface area contributed by atoms with E-state index in [1.165, 1.54) is 0 Å². The third-order valence-electron chi connectivity index (χ3n) is 8.43. The number of fused-ring (bicyclic) bond motifs is 1. The standard InChI is InChI=1S/C28H31N5O2/c1-31-24-9-8-22(14-23(24)15-29-31)19-2-4-20(5-3-19)25-30-28(11-12-28)27(35)33(25)17-18-10-13-32(16-18)26(34)21-6-7-21/h2-5,8-9,14-15,18,21,25,30H,6-7,10-13,16-17H2,1H3/t18-,25?/m1/s1. The second-order valence-electron chi connectivity index (χ2n) is 11.0. The Balaban J connectivity index is 1.11. The summed E-state index contributed by atoms with van der Waals surface area (Å²) in [5, 5.41) is 9.14. The Morgan fingerprint density at radius 1 is 1.09 bits per heavy atom. The van der Waals surface area contributed by atoms with E-state index in [0.717, 1.165) is 72.8 Å². The largest absolute Gasteiger partial charge is 0.342 e. The van der Waals surface area contributed by atoms with Crippen LogP contribution in [0.3, 0.4) is 0 Å². The molecule has 7 nitrogen and oxygen atoms in total. The van der Waals surface area contributed by atoms with E-state index in [4.69, 9.17) is 0 Å². The highest BCUT2D eigenvalue weighted by Crippen LogP contribution is 2.46. The number of amides is 2. The number of benzene rings is 2. The Hall–Kier alpha value is -3.19. The molecule has 4 fully saturated rings. The van der Waals surface area contributed by atoms with Gasteiger partial charge >= 0.3 is 0 Å². The van der Waals surface area contributed by atoms with Gasteiger partial charge in [-0.2, -0.15) is 5.10 Å². The van der Waals surface area contributed by atoms with Crippen LogP contribution in [0.15, 0.2) is 48.7 Å². The number of nitrogens with zero attached hydrogens (tertiary/aromatic N) is 4. The van der Waals surface area contributed by atoms with Crippen molar-refractivity contribution in [3.63, 3.8) is 0 Å². The fraction of sp³-hybridized carbons (Fsp3) is 0.464. The van der Waals surface area contributed by atoms with Gasteiger partial charge < -0.3 is 9.80 Å². The Morgan fingerprint density at radius 3 is 2.60 bits per heavy atom. The molecule has 3 aromatic rings. The van der Waals surface area contributed by atoms with Crippen molar-refractivity contribution in [1.82, 2.24) is 24.9 Å². The lowest BCUT2D eigenvalue weighted by atomic mass is 10.0. The number of carbonyl (C=O) groups excluding carboxylic acids is 2. The normalized spacial score (nSPS) is 25.2. The average Bonchev–Trinajstić information content (AvgIpc) is 3.78.